The highest BCUT2D eigenvalue weighted by Crippen LogP contribution is 2.38. The zero-order valence-electron chi connectivity index (χ0n) is 29.3. The van der Waals surface area contributed by atoms with E-state index in [1.54, 1.807) is 78.3 Å². The van der Waals surface area contributed by atoms with Crippen molar-refractivity contribution in [3.8, 4) is 5.75 Å². The number of piperidine rings is 1. The summed E-state index contributed by atoms with van der Waals surface area (Å²) in [6.45, 7) is 8.14. The molecule has 2 aromatic rings. The van der Waals surface area contributed by atoms with Crippen LogP contribution >= 0.6 is 11.6 Å². The van der Waals surface area contributed by atoms with Crippen LogP contribution in [-0.4, -0.2) is 109 Å². The summed E-state index contributed by atoms with van der Waals surface area (Å²) in [5.41, 5.74) is 0.160. The van der Waals surface area contributed by atoms with E-state index in [0.717, 1.165) is 32.1 Å². The van der Waals surface area contributed by atoms with Crippen LogP contribution in [0.2, 0.25) is 5.02 Å². The highest BCUT2D eigenvalue weighted by molar-refractivity contribution is 6.30. The highest BCUT2D eigenvalue weighted by atomic mass is 35.5. The number of rotatable bonds is 5. The first-order valence-electron chi connectivity index (χ1n) is 16.9. The lowest BCUT2D eigenvalue weighted by Gasteiger charge is -2.42. The Hall–Kier alpha value is -3.79. The number of ether oxygens (including phenoxy) is 2. The maximum atomic E-state index is 14.0. The third-order valence-corrected chi connectivity index (χ3v) is 9.65. The smallest absolute Gasteiger partial charge is 0.410 e. The van der Waals surface area contributed by atoms with Gasteiger partial charge < -0.3 is 29.1 Å². The molecule has 0 radical (unpaired) electrons. The van der Waals surface area contributed by atoms with Gasteiger partial charge in [-0.3, -0.25) is 14.4 Å². The standard InChI is InChI=1S/C37H51ClN4O6/c1-36(2,3)48-35(46)42-23-19-37(20-24-42)18-9-10-21-40(5)34(45)30(41(6)33(44)29-15-7-8-17-31(29)47-26-37)16-12-22-39(4)32(43)27-13-11-14-28(38)25-27/h7-8,11,13-15,17,25,30H,9-10,12,16,18-24,26H2,1-6H3/t30-/m0/s1. The number of benzene rings is 2. The van der Waals surface area contributed by atoms with E-state index in [2.05, 4.69) is 0 Å². The first-order valence-corrected chi connectivity index (χ1v) is 17.3. The molecule has 0 unspecified atom stereocenters. The predicted octanol–water partition coefficient (Wildman–Crippen LogP) is 6.37. The fraction of sp³-hybridized carbons (Fsp3) is 0.568. The molecule has 11 heteroatoms. The van der Waals surface area contributed by atoms with Crippen LogP contribution in [-0.2, 0) is 9.53 Å². The molecule has 1 spiro atoms. The summed E-state index contributed by atoms with van der Waals surface area (Å²) < 4.78 is 12.1. The minimum absolute atomic E-state index is 0.134. The average Bonchev–Trinajstić information content (AvgIpc) is 3.05. The number of hydrogen-bond acceptors (Lipinski definition) is 6. The normalized spacial score (nSPS) is 19.3. The van der Waals surface area contributed by atoms with Crippen molar-refractivity contribution < 1.29 is 28.7 Å². The van der Waals surface area contributed by atoms with Crippen LogP contribution in [0.5, 0.6) is 5.75 Å². The first-order chi connectivity index (χ1) is 22.7. The topological polar surface area (TPSA) is 99.7 Å². The van der Waals surface area contributed by atoms with E-state index >= 15 is 0 Å². The Kier molecular flexibility index (Phi) is 12.4. The zero-order chi connectivity index (χ0) is 35.1. The van der Waals surface area contributed by atoms with E-state index in [1.165, 1.54) is 4.90 Å². The quantitative estimate of drug-likeness (QED) is 0.364. The summed E-state index contributed by atoms with van der Waals surface area (Å²) in [5.74, 6) is -0.111. The van der Waals surface area contributed by atoms with Crippen molar-refractivity contribution in [3.05, 3.63) is 64.7 Å². The largest absolute Gasteiger partial charge is 0.492 e. The van der Waals surface area contributed by atoms with Crippen LogP contribution in [0.25, 0.3) is 0 Å². The second kappa shape index (κ2) is 16.1. The molecule has 2 aliphatic rings. The molecule has 1 fully saturated rings. The SMILES string of the molecule is CN(CCC[C@H]1C(=O)N(C)CCCCC2(CCN(C(=O)OC(C)(C)C)CC2)COc2ccccc2C(=O)N1C)C(=O)c1cccc(Cl)c1. The average molecular weight is 683 g/mol. The number of nitrogens with zero attached hydrogens (tertiary/aromatic N) is 4. The van der Waals surface area contributed by atoms with Crippen LogP contribution in [0, 0.1) is 5.41 Å². The Morgan fingerprint density at radius 3 is 2.40 bits per heavy atom. The van der Waals surface area contributed by atoms with E-state index in [9.17, 15) is 19.2 Å². The summed E-state index contributed by atoms with van der Waals surface area (Å²) in [6.07, 6.45) is 4.70. The molecule has 0 aromatic heterocycles. The van der Waals surface area contributed by atoms with Crippen LogP contribution in [0.4, 0.5) is 4.79 Å². The summed E-state index contributed by atoms with van der Waals surface area (Å²) in [6, 6.07) is 13.3. The monoisotopic (exact) mass is 682 g/mol. The van der Waals surface area contributed by atoms with E-state index in [4.69, 9.17) is 21.1 Å². The molecule has 2 aliphatic heterocycles. The van der Waals surface area contributed by atoms with Gasteiger partial charge in [-0.1, -0.05) is 36.2 Å². The van der Waals surface area contributed by atoms with Gasteiger partial charge in [0.25, 0.3) is 11.8 Å². The molecule has 1 saturated heterocycles. The van der Waals surface area contributed by atoms with Crippen molar-refractivity contribution in [1.82, 2.24) is 19.6 Å². The Labute approximate surface area is 290 Å². The molecule has 2 aromatic carbocycles. The van der Waals surface area contributed by atoms with Crippen molar-refractivity contribution in [2.24, 2.45) is 5.41 Å². The molecule has 0 saturated carbocycles. The summed E-state index contributed by atoms with van der Waals surface area (Å²) in [4.78, 5) is 60.3. The maximum Gasteiger partial charge on any atom is 0.410 e. The van der Waals surface area contributed by atoms with Gasteiger partial charge >= 0.3 is 6.09 Å². The van der Waals surface area contributed by atoms with Crippen molar-refractivity contribution in [2.75, 3.05) is 53.9 Å². The van der Waals surface area contributed by atoms with Crippen molar-refractivity contribution in [2.45, 2.75) is 77.4 Å². The van der Waals surface area contributed by atoms with E-state index in [0.29, 0.717) is 67.5 Å². The molecule has 262 valence electrons. The summed E-state index contributed by atoms with van der Waals surface area (Å²) in [7, 11) is 5.18. The molecular weight excluding hydrogens is 632 g/mol. The molecule has 1 atom stereocenters. The van der Waals surface area contributed by atoms with Gasteiger partial charge in [-0.15, -0.1) is 0 Å². The van der Waals surface area contributed by atoms with Crippen LogP contribution in [0.3, 0.4) is 0 Å². The van der Waals surface area contributed by atoms with Crippen molar-refractivity contribution in [1.29, 1.82) is 0 Å². The van der Waals surface area contributed by atoms with Gasteiger partial charge in [0, 0.05) is 63.3 Å². The number of likely N-dealkylation sites (N-methyl/N-ethyl adjacent to an activating group) is 2. The Balaban J connectivity index is 1.49. The van der Waals surface area contributed by atoms with E-state index in [1.807, 2.05) is 26.8 Å². The van der Waals surface area contributed by atoms with Gasteiger partial charge in [-0.2, -0.15) is 0 Å². The molecular formula is C37H51ClN4O6. The Morgan fingerprint density at radius 1 is 1.00 bits per heavy atom. The molecule has 0 N–H and O–H groups in total. The number of likely N-dealkylation sites (tertiary alicyclic amines) is 1. The molecule has 4 rings (SSSR count). The van der Waals surface area contributed by atoms with Crippen LogP contribution in [0.1, 0.15) is 86.4 Å². The molecule has 0 aliphatic carbocycles. The minimum atomic E-state index is -0.711. The molecule has 4 amide bonds. The predicted molar refractivity (Wildman–Crippen MR) is 186 cm³/mol. The van der Waals surface area contributed by atoms with Crippen molar-refractivity contribution >= 4 is 35.4 Å². The van der Waals surface area contributed by atoms with Gasteiger partial charge in [0.2, 0.25) is 5.91 Å². The van der Waals surface area contributed by atoms with Gasteiger partial charge in [0.1, 0.15) is 17.4 Å². The lowest BCUT2D eigenvalue weighted by molar-refractivity contribution is -0.134. The summed E-state index contributed by atoms with van der Waals surface area (Å²) in [5, 5.41) is 0.491. The minimum Gasteiger partial charge on any atom is -0.492 e. The van der Waals surface area contributed by atoms with E-state index < -0.39 is 11.6 Å². The second-order valence-electron chi connectivity index (χ2n) is 14.3. The lowest BCUT2D eigenvalue weighted by Crippen LogP contribution is -2.49. The summed E-state index contributed by atoms with van der Waals surface area (Å²) >= 11 is 6.08. The fourth-order valence-corrected chi connectivity index (χ4v) is 6.64. The lowest BCUT2D eigenvalue weighted by atomic mass is 9.75. The highest BCUT2D eigenvalue weighted by Gasteiger charge is 2.39. The van der Waals surface area contributed by atoms with Gasteiger partial charge in [0.05, 0.1) is 12.2 Å². The molecule has 2 heterocycles. The second-order valence-corrected chi connectivity index (χ2v) is 14.7. The maximum absolute atomic E-state index is 14.0. The van der Waals surface area contributed by atoms with Crippen molar-refractivity contribution in [3.63, 3.8) is 0 Å². The fourth-order valence-electron chi connectivity index (χ4n) is 6.45. The molecule has 10 nitrogen and oxygen atoms in total. The zero-order valence-corrected chi connectivity index (χ0v) is 30.1. The molecule has 0 bridgehead atoms. The Morgan fingerprint density at radius 2 is 1.71 bits per heavy atom. The van der Waals surface area contributed by atoms with Gasteiger partial charge in [-0.25, -0.2) is 4.79 Å². The van der Waals surface area contributed by atoms with Gasteiger partial charge in [-0.05, 0) is 89.6 Å². The number of carbonyl (C=O) groups excluding carboxylic acids is 4. The van der Waals surface area contributed by atoms with E-state index in [-0.39, 0.29) is 29.2 Å². The number of amides is 4. The van der Waals surface area contributed by atoms with Crippen LogP contribution in [0.15, 0.2) is 48.5 Å². The number of hydrogen-bond donors (Lipinski definition) is 0. The van der Waals surface area contributed by atoms with Gasteiger partial charge in [0.15, 0.2) is 0 Å². The third kappa shape index (κ3) is 9.65. The number of halogens is 1. The third-order valence-electron chi connectivity index (χ3n) is 9.42. The molecule has 48 heavy (non-hydrogen) atoms. The van der Waals surface area contributed by atoms with Crippen LogP contribution < -0.4 is 4.74 Å². The number of fused-ring (bicyclic) bond motifs is 1. The Bertz CT molecular complexity index is 1450. The number of carbonyl (C=O) groups is 4. The number of para-hydroxylation sites is 1. The first kappa shape index (κ1) is 37.0.